The zero-order chi connectivity index (χ0) is 12.6. The molecule has 0 spiro atoms. The molecule has 0 aromatic rings. The van der Waals surface area contributed by atoms with Crippen LogP contribution < -0.4 is 0 Å². The van der Waals surface area contributed by atoms with Gasteiger partial charge in [0.1, 0.15) is 6.04 Å². The highest BCUT2D eigenvalue weighted by molar-refractivity contribution is 7.90. The quantitative estimate of drug-likeness (QED) is 0.794. The summed E-state index contributed by atoms with van der Waals surface area (Å²) in [6, 6.07) is -0.891. The van der Waals surface area contributed by atoms with Crippen LogP contribution in [0, 0.1) is 0 Å². The van der Waals surface area contributed by atoms with E-state index >= 15 is 0 Å². The summed E-state index contributed by atoms with van der Waals surface area (Å²) in [6.07, 6.45) is 1.91. The predicted molar refractivity (Wildman–Crippen MR) is 60.7 cm³/mol. The molecule has 0 aromatic carbocycles. The standard InChI is InChI=1S/C10H19NO4S/c1-10(2,3)16(14,15)11-7-5-4-6-8(11)9(12)13/h8H,4-7H2,1-3H3,(H,12,13). The highest BCUT2D eigenvalue weighted by Gasteiger charge is 2.42. The molecule has 16 heavy (non-hydrogen) atoms. The van der Waals surface area contributed by atoms with Crippen LogP contribution in [0.1, 0.15) is 40.0 Å². The second kappa shape index (κ2) is 4.33. The smallest absolute Gasteiger partial charge is 0.322 e. The zero-order valence-electron chi connectivity index (χ0n) is 9.93. The number of carboxylic acids is 1. The van der Waals surface area contributed by atoms with Crippen molar-refractivity contribution in [3.63, 3.8) is 0 Å². The van der Waals surface area contributed by atoms with Crippen LogP contribution in [-0.2, 0) is 14.8 Å². The number of sulfonamides is 1. The summed E-state index contributed by atoms with van der Waals surface area (Å²) in [5.74, 6) is -1.05. The molecule has 1 aliphatic rings. The minimum absolute atomic E-state index is 0.316. The van der Waals surface area contributed by atoms with Crippen LogP contribution in [0.2, 0.25) is 0 Å². The Labute approximate surface area is 96.5 Å². The average Bonchev–Trinajstić information content (AvgIpc) is 2.16. The van der Waals surface area contributed by atoms with E-state index in [0.717, 1.165) is 17.1 Å². The zero-order valence-corrected chi connectivity index (χ0v) is 10.7. The third kappa shape index (κ3) is 2.38. The molecule has 0 bridgehead atoms. The van der Waals surface area contributed by atoms with E-state index in [1.807, 2.05) is 0 Å². The maximum Gasteiger partial charge on any atom is 0.322 e. The van der Waals surface area contributed by atoms with Gasteiger partial charge in [0.05, 0.1) is 4.75 Å². The van der Waals surface area contributed by atoms with Crippen LogP contribution in [0.3, 0.4) is 0 Å². The van der Waals surface area contributed by atoms with Crippen LogP contribution in [-0.4, -0.2) is 41.1 Å². The SMILES string of the molecule is CC(C)(C)S(=O)(=O)N1CCCCC1C(=O)O. The highest BCUT2D eigenvalue weighted by atomic mass is 32.2. The van der Waals surface area contributed by atoms with Crippen molar-refractivity contribution in [3.8, 4) is 0 Å². The molecule has 1 aliphatic heterocycles. The lowest BCUT2D eigenvalue weighted by atomic mass is 10.1. The van der Waals surface area contributed by atoms with Crippen LogP contribution >= 0.6 is 0 Å². The molecule has 1 unspecified atom stereocenters. The van der Waals surface area contributed by atoms with Gasteiger partial charge in [-0.2, -0.15) is 4.31 Å². The third-order valence-corrected chi connectivity index (χ3v) is 5.42. The van der Waals surface area contributed by atoms with E-state index in [-0.39, 0.29) is 0 Å². The van der Waals surface area contributed by atoms with Gasteiger partial charge in [-0.3, -0.25) is 4.79 Å². The van der Waals surface area contributed by atoms with Crippen molar-refractivity contribution in [2.45, 2.75) is 50.8 Å². The Morgan fingerprint density at radius 3 is 2.31 bits per heavy atom. The van der Waals surface area contributed by atoms with E-state index in [2.05, 4.69) is 0 Å². The van der Waals surface area contributed by atoms with Crippen molar-refractivity contribution in [3.05, 3.63) is 0 Å². The van der Waals surface area contributed by atoms with Gasteiger partial charge in [-0.15, -0.1) is 0 Å². The van der Waals surface area contributed by atoms with Crippen molar-refractivity contribution in [1.82, 2.24) is 4.31 Å². The first kappa shape index (κ1) is 13.4. The molecule has 1 atom stereocenters. The normalized spacial score (nSPS) is 24.3. The Kier molecular flexibility index (Phi) is 3.64. The summed E-state index contributed by atoms with van der Waals surface area (Å²) in [4.78, 5) is 11.0. The molecule has 0 aliphatic carbocycles. The predicted octanol–water partition coefficient (Wildman–Crippen LogP) is 1.05. The van der Waals surface area contributed by atoms with Crippen molar-refractivity contribution in [2.75, 3.05) is 6.54 Å². The van der Waals surface area contributed by atoms with E-state index in [1.54, 1.807) is 20.8 Å². The fourth-order valence-electron chi connectivity index (χ4n) is 1.79. The lowest BCUT2D eigenvalue weighted by Crippen LogP contribution is -2.53. The molecule has 1 rings (SSSR count). The summed E-state index contributed by atoms with van der Waals surface area (Å²) in [7, 11) is -3.54. The Balaban J connectivity index is 3.05. The van der Waals surface area contributed by atoms with Gasteiger partial charge in [0.25, 0.3) is 0 Å². The summed E-state index contributed by atoms with van der Waals surface area (Å²) in [6.45, 7) is 5.10. The molecule has 0 aromatic heterocycles. The molecule has 0 saturated carbocycles. The molecule has 6 heteroatoms. The first-order valence-electron chi connectivity index (χ1n) is 5.42. The van der Waals surface area contributed by atoms with E-state index in [4.69, 9.17) is 5.11 Å². The summed E-state index contributed by atoms with van der Waals surface area (Å²) >= 11 is 0. The molecule has 1 N–H and O–H groups in total. The summed E-state index contributed by atoms with van der Waals surface area (Å²) < 4.78 is 24.6. The summed E-state index contributed by atoms with van der Waals surface area (Å²) in [5, 5.41) is 9.03. The fraction of sp³-hybridized carbons (Fsp3) is 0.900. The van der Waals surface area contributed by atoms with Crippen molar-refractivity contribution in [2.24, 2.45) is 0 Å². The van der Waals surface area contributed by atoms with Gasteiger partial charge in [0.2, 0.25) is 10.0 Å². The molecule has 0 amide bonds. The number of carbonyl (C=O) groups is 1. The summed E-state index contributed by atoms with van der Waals surface area (Å²) in [5.41, 5.74) is 0. The molecular formula is C10H19NO4S. The van der Waals surface area contributed by atoms with Crippen molar-refractivity contribution >= 4 is 16.0 Å². The van der Waals surface area contributed by atoms with E-state index < -0.39 is 26.8 Å². The number of nitrogens with zero attached hydrogens (tertiary/aromatic N) is 1. The number of hydrogen-bond donors (Lipinski definition) is 1. The van der Waals surface area contributed by atoms with Crippen molar-refractivity contribution in [1.29, 1.82) is 0 Å². The van der Waals surface area contributed by atoms with E-state index in [1.165, 1.54) is 0 Å². The number of rotatable bonds is 2. The second-order valence-corrected chi connectivity index (χ2v) is 7.72. The molecule has 5 nitrogen and oxygen atoms in total. The molecule has 1 fully saturated rings. The fourth-order valence-corrected chi connectivity index (χ4v) is 3.39. The lowest BCUT2D eigenvalue weighted by molar-refractivity contribution is -0.142. The molecule has 1 saturated heterocycles. The van der Waals surface area contributed by atoms with Crippen LogP contribution in [0.5, 0.6) is 0 Å². The highest BCUT2D eigenvalue weighted by Crippen LogP contribution is 2.27. The van der Waals surface area contributed by atoms with Gasteiger partial charge in [-0.05, 0) is 40.0 Å². The van der Waals surface area contributed by atoms with Gasteiger partial charge in [0, 0.05) is 6.54 Å². The van der Waals surface area contributed by atoms with E-state index in [9.17, 15) is 13.2 Å². The minimum atomic E-state index is -3.54. The Morgan fingerprint density at radius 1 is 1.31 bits per heavy atom. The lowest BCUT2D eigenvalue weighted by Gasteiger charge is -2.36. The number of aliphatic carboxylic acids is 1. The first-order chi connectivity index (χ1) is 7.18. The Hall–Kier alpha value is -0.620. The maximum absolute atomic E-state index is 12.2. The third-order valence-electron chi connectivity index (χ3n) is 2.82. The monoisotopic (exact) mass is 249 g/mol. The van der Waals surface area contributed by atoms with Gasteiger partial charge < -0.3 is 5.11 Å². The topological polar surface area (TPSA) is 74.7 Å². The number of piperidine rings is 1. The average molecular weight is 249 g/mol. The van der Waals surface area contributed by atoms with Gasteiger partial charge in [0.15, 0.2) is 0 Å². The number of hydrogen-bond acceptors (Lipinski definition) is 3. The molecule has 0 radical (unpaired) electrons. The van der Waals surface area contributed by atoms with Crippen LogP contribution in [0.25, 0.3) is 0 Å². The maximum atomic E-state index is 12.2. The Bertz CT molecular complexity index is 369. The first-order valence-corrected chi connectivity index (χ1v) is 6.86. The molecule has 1 heterocycles. The second-order valence-electron chi connectivity index (χ2n) is 5.08. The van der Waals surface area contributed by atoms with Gasteiger partial charge >= 0.3 is 5.97 Å². The minimum Gasteiger partial charge on any atom is -0.480 e. The van der Waals surface area contributed by atoms with E-state index in [0.29, 0.717) is 13.0 Å². The van der Waals surface area contributed by atoms with Gasteiger partial charge in [-0.1, -0.05) is 0 Å². The molecular weight excluding hydrogens is 230 g/mol. The number of carboxylic acid groups (broad SMARTS) is 1. The van der Waals surface area contributed by atoms with Crippen LogP contribution in [0.4, 0.5) is 0 Å². The Morgan fingerprint density at radius 2 is 1.88 bits per heavy atom. The van der Waals surface area contributed by atoms with Crippen molar-refractivity contribution < 1.29 is 18.3 Å². The van der Waals surface area contributed by atoms with Crippen LogP contribution in [0.15, 0.2) is 0 Å². The molecule has 94 valence electrons. The van der Waals surface area contributed by atoms with Gasteiger partial charge in [-0.25, -0.2) is 8.42 Å². The largest absolute Gasteiger partial charge is 0.480 e.